The number of fused-ring (bicyclic) bond motifs is 4. The lowest BCUT2D eigenvalue weighted by atomic mass is 9.33. The molecule has 2 aliphatic heterocycles. The Hall–Kier alpha value is -8.14. The molecule has 2 nitrogen and oxygen atoms in total. The van der Waals surface area contributed by atoms with E-state index >= 15 is 0 Å². The lowest BCUT2D eigenvalue weighted by molar-refractivity contribution is 0.640. The van der Waals surface area contributed by atoms with Gasteiger partial charge in [-0.25, -0.2) is 0 Å². The van der Waals surface area contributed by atoms with Gasteiger partial charge in [0.25, 0.3) is 6.71 Å². The van der Waals surface area contributed by atoms with Gasteiger partial charge in [-0.3, -0.25) is 0 Å². The van der Waals surface area contributed by atoms with Crippen molar-refractivity contribution < 1.29 is 0 Å². The number of anilines is 6. The maximum atomic E-state index is 2.61. The molecule has 0 saturated carbocycles. The maximum absolute atomic E-state index is 2.61. The minimum Gasteiger partial charge on any atom is -0.311 e. The van der Waals surface area contributed by atoms with Crippen molar-refractivity contribution in [3.8, 4) is 0 Å². The van der Waals surface area contributed by atoms with E-state index in [4.69, 9.17) is 0 Å². The molecule has 0 spiro atoms. The summed E-state index contributed by atoms with van der Waals surface area (Å²) in [6.45, 7) is 21.3. The van der Waals surface area contributed by atoms with E-state index in [1.165, 1.54) is 94.8 Å². The third kappa shape index (κ3) is 8.52. The second kappa shape index (κ2) is 19.2. The fourth-order valence-electron chi connectivity index (χ4n) is 12.6. The second-order valence-electron chi connectivity index (χ2n) is 23.8. The summed E-state index contributed by atoms with van der Waals surface area (Å²) in [6, 6.07) is 93.8. The van der Waals surface area contributed by atoms with Crippen LogP contribution in [0.1, 0.15) is 124 Å². The zero-order chi connectivity index (χ0) is 53.3. The van der Waals surface area contributed by atoms with Gasteiger partial charge in [0.2, 0.25) is 0 Å². The average molecular weight is 997 g/mol. The van der Waals surface area contributed by atoms with Gasteiger partial charge < -0.3 is 9.80 Å². The lowest BCUT2D eigenvalue weighted by Gasteiger charge is -2.46. The van der Waals surface area contributed by atoms with E-state index in [2.05, 4.69) is 321 Å². The van der Waals surface area contributed by atoms with Gasteiger partial charge in [0, 0.05) is 61.7 Å². The van der Waals surface area contributed by atoms with E-state index in [0.29, 0.717) is 0 Å². The van der Waals surface area contributed by atoms with E-state index < -0.39 is 0 Å². The van der Waals surface area contributed by atoms with Crippen LogP contribution < -0.4 is 26.2 Å². The predicted octanol–water partition coefficient (Wildman–Crippen LogP) is 17.2. The monoisotopic (exact) mass is 997 g/mol. The van der Waals surface area contributed by atoms with Crippen LogP contribution in [0.5, 0.6) is 0 Å². The smallest absolute Gasteiger partial charge is 0.252 e. The van der Waals surface area contributed by atoms with Crippen molar-refractivity contribution in [2.75, 3.05) is 9.80 Å². The highest BCUT2D eigenvalue weighted by Gasteiger charge is 2.46. The van der Waals surface area contributed by atoms with Crippen LogP contribution in [0.4, 0.5) is 34.1 Å². The van der Waals surface area contributed by atoms with Crippen molar-refractivity contribution in [3.63, 3.8) is 0 Å². The minimum absolute atomic E-state index is 0.0529. The van der Waals surface area contributed by atoms with E-state index in [0.717, 1.165) is 11.4 Å². The molecule has 10 aromatic carbocycles. The quantitative estimate of drug-likeness (QED) is 0.113. The zero-order valence-electron chi connectivity index (χ0n) is 46.2. The molecule has 2 aliphatic rings. The summed E-state index contributed by atoms with van der Waals surface area (Å²) in [5, 5.41) is 0. The van der Waals surface area contributed by atoms with Crippen molar-refractivity contribution in [1.82, 2.24) is 0 Å². The summed E-state index contributed by atoms with van der Waals surface area (Å²) in [4.78, 5) is 5.22. The molecule has 0 N–H and O–H groups in total. The topological polar surface area (TPSA) is 6.48 Å². The molecule has 1 unspecified atom stereocenters. The zero-order valence-corrected chi connectivity index (χ0v) is 46.2. The molecule has 1 atom stereocenters. The summed E-state index contributed by atoms with van der Waals surface area (Å²) < 4.78 is 0. The van der Waals surface area contributed by atoms with Crippen molar-refractivity contribution >= 4 is 57.2 Å². The van der Waals surface area contributed by atoms with E-state index in [-0.39, 0.29) is 34.3 Å². The number of nitrogens with zero attached hydrogens (tertiary/aromatic N) is 2. The van der Waals surface area contributed by atoms with Gasteiger partial charge in [0.05, 0.1) is 0 Å². The summed E-state index contributed by atoms with van der Waals surface area (Å²) in [6.07, 6.45) is 0. The molecule has 0 aliphatic carbocycles. The molecule has 2 heterocycles. The first kappa shape index (κ1) is 49.7. The Kier molecular flexibility index (Phi) is 12.4. The van der Waals surface area contributed by atoms with E-state index in [9.17, 15) is 0 Å². The van der Waals surface area contributed by atoms with Crippen molar-refractivity contribution in [2.45, 2.75) is 89.9 Å². The van der Waals surface area contributed by atoms with Gasteiger partial charge in [-0.15, -0.1) is 0 Å². The highest BCUT2D eigenvalue weighted by molar-refractivity contribution is 7.00. The Morgan fingerprint density at radius 2 is 0.571 bits per heavy atom. The molecule has 0 saturated heterocycles. The van der Waals surface area contributed by atoms with E-state index in [1.807, 2.05) is 0 Å². The maximum Gasteiger partial charge on any atom is 0.252 e. The Morgan fingerprint density at radius 3 is 0.961 bits per heavy atom. The standard InChI is InChI=1S/C74H69BN2/c1-51(52-25-15-10-16-26-52)53-35-41-62(42-36-53)76-66-47-59(72(4,5)55-29-19-12-20-30-55)39-45-64(66)75-65-46-40-60(73(6,7)56-31-21-13-22-32-56)48-67(65)77(63-43-37-58(38-44-63)71(2,3)54-27-17-11-18-28-54)69-50-61(49-68(76)70(69)75)74(8,9)57-33-23-14-24-34-57/h10-51H,1-9H3. The molecular weight excluding hydrogens is 928 g/mol. The average Bonchev–Trinajstić information content (AvgIpc) is 3.49. The Labute approximate surface area is 458 Å². The highest BCUT2D eigenvalue weighted by atomic mass is 15.2. The SMILES string of the molecule is CC(c1ccccc1)c1ccc(N2c3cc(C(C)(C)c4ccccc4)ccc3B3c4ccc(C(C)(C)c5ccccc5)cc4N(c4ccc(C(C)(C)c5ccccc5)cc4)c4cc(C(C)(C)c5ccccc5)cc2c43)cc1. The van der Waals surface area contributed by atoms with Crippen LogP contribution in [0.15, 0.2) is 249 Å². The number of rotatable bonds is 12. The Morgan fingerprint density at radius 1 is 0.286 bits per heavy atom. The molecule has 0 aromatic heterocycles. The lowest BCUT2D eigenvalue weighted by Crippen LogP contribution is -2.61. The van der Waals surface area contributed by atoms with Crippen LogP contribution in [0.2, 0.25) is 0 Å². The largest absolute Gasteiger partial charge is 0.311 e. The molecule has 12 rings (SSSR count). The van der Waals surface area contributed by atoms with Gasteiger partial charge in [0.1, 0.15) is 0 Å². The molecular formula is C74H69BN2. The third-order valence-electron chi connectivity index (χ3n) is 18.0. The van der Waals surface area contributed by atoms with Crippen LogP contribution in [0.3, 0.4) is 0 Å². The minimum atomic E-state index is -0.354. The second-order valence-corrected chi connectivity index (χ2v) is 23.8. The number of hydrogen-bond donors (Lipinski definition) is 0. The molecule has 0 fully saturated rings. The predicted molar refractivity (Wildman–Crippen MR) is 329 cm³/mol. The number of hydrogen-bond acceptors (Lipinski definition) is 2. The molecule has 378 valence electrons. The van der Waals surface area contributed by atoms with Crippen LogP contribution >= 0.6 is 0 Å². The van der Waals surface area contributed by atoms with Crippen LogP contribution in [-0.4, -0.2) is 6.71 Å². The molecule has 0 amide bonds. The first-order chi connectivity index (χ1) is 37.1. The molecule has 3 heteroatoms. The molecule has 77 heavy (non-hydrogen) atoms. The summed E-state index contributed by atoms with van der Waals surface area (Å²) in [5.41, 5.74) is 22.9. The van der Waals surface area contributed by atoms with Gasteiger partial charge in [-0.2, -0.15) is 0 Å². The fourth-order valence-corrected chi connectivity index (χ4v) is 12.6. The van der Waals surface area contributed by atoms with Crippen LogP contribution in [0.25, 0.3) is 0 Å². The first-order valence-corrected chi connectivity index (χ1v) is 27.7. The summed E-state index contributed by atoms with van der Waals surface area (Å²) >= 11 is 0. The van der Waals surface area contributed by atoms with Gasteiger partial charge in [-0.1, -0.05) is 263 Å². The van der Waals surface area contributed by atoms with Crippen molar-refractivity contribution in [1.29, 1.82) is 0 Å². The fraction of sp³-hybridized carbons (Fsp3) is 0.189. The van der Waals surface area contributed by atoms with Gasteiger partial charge in [0.15, 0.2) is 0 Å². The van der Waals surface area contributed by atoms with E-state index in [1.54, 1.807) is 0 Å². The third-order valence-corrected chi connectivity index (χ3v) is 18.0. The summed E-state index contributed by atoms with van der Waals surface area (Å²) in [5.74, 6) is 0.246. The van der Waals surface area contributed by atoms with Gasteiger partial charge >= 0.3 is 0 Å². The normalized spacial score (nSPS) is 13.6. The number of benzene rings is 10. The summed E-state index contributed by atoms with van der Waals surface area (Å²) in [7, 11) is 0. The Balaban J connectivity index is 1.14. The molecule has 0 radical (unpaired) electrons. The molecule has 0 bridgehead atoms. The Bertz CT molecular complexity index is 3730. The van der Waals surface area contributed by atoms with Crippen molar-refractivity contribution in [2.24, 2.45) is 0 Å². The molecule has 10 aromatic rings. The first-order valence-electron chi connectivity index (χ1n) is 27.7. The highest BCUT2D eigenvalue weighted by Crippen LogP contribution is 2.49. The van der Waals surface area contributed by atoms with Crippen molar-refractivity contribution in [3.05, 3.63) is 304 Å². The van der Waals surface area contributed by atoms with Crippen LogP contribution in [-0.2, 0) is 21.7 Å². The van der Waals surface area contributed by atoms with Gasteiger partial charge in [-0.05, 0) is 121 Å². The van der Waals surface area contributed by atoms with Crippen LogP contribution in [0, 0.1) is 0 Å².